The zero-order chi connectivity index (χ0) is 19.7. The molecule has 1 fully saturated rings. The topological polar surface area (TPSA) is 95.5 Å². The molecule has 4 radical (unpaired) electrons. The van der Waals surface area contributed by atoms with E-state index in [9.17, 15) is 9.46 Å². The van der Waals surface area contributed by atoms with Crippen LogP contribution in [-0.4, -0.2) is 78.5 Å². The normalized spacial score (nSPS) is 25.2. The minimum Gasteiger partial charge on any atom is -0.756 e. The van der Waals surface area contributed by atoms with Crippen molar-refractivity contribution in [1.82, 2.24) is 0 Å². The van der Waals surface area contributed by atoms with Gasteiger partial charge in [-0.05, 0) is 33.8 Å². The standard InChI is InChI=1S/C15H28B2O8P.2W/c1-10(2)20-6-12(22-9-16)7-23-26(18,19)25-13-5-15(17)24-14(13)8-21-11(3)4;;/h5,10-15H,6-9H2,1-4H3,(H,18,19);;/q-1;;/p-1/t12-,13?,14+,15+;;/m0../s1. The molecule has 1 aliphatic rings. The summed E-state index contributed by atoms with van der Waals surface area (Å²) < 4.78 is 43.5. The smallest absolute Gasteiger partial charge is 0.265 e. The van der Waals surface area contributed by atoms with Crippen LogP contribution >= 0.6 is 7.82 Å². The van der Waals surface area contributed by atoms with Crippen LogP contribution in [0.15, 0.2) is 0 Å². The van der Waals surface area contributed by atoms with Crippen LogP contribution in [0.2, 0.25) is 0 Å². The van der Waals surface area contributed by atoms with Gasteiger partial charge < -0.3 is 32.9 Å². The van der Waals surface area contributed by atoms with E-state index in [1.165, 1.54) is 6.42 Å². The van der Waals surface area contributed by atoms with Crippen LogP contribution in [0.1, 0.15) is 27.7 Å². The van der Waals surface area contributed by atoms with Crippen molar-refractivity contribution in [3.8, 4) is 0 Å². The van der Waals surface area contributed by atoms with Crippen LogP contribution < -0.4 is 4.89 Å². The van der Waals surface area contributed by atoms with Gasteiger partial charge in [0, 0.05) is 48.6 Å². The SMILES string of the molecule is [B]CO[C@@H](COC(C)C)COP(=O)([O-])OC1[CH-][C@H]([B])O[C@@H]1COC(C)C.[W].[W]. The van der Waals surface area contributed by atoms with E-state index in [-0.39, 0.29) is 80.7 Å². The molecule has 0 saturated carbocycles. The summed E-state index contributed by atoms with van der Waals surface area (Å²) in [5.74, 6) is 0. The monoisotopic (exact) mass is 756 g/mol. The summed E-state index contributed by atoms with van der Waals surface area (Å²) in [5, 5.41) is 0. The zero-order valence-electron chi connectivity index (χ0n) is 16.6. The molecule has 1 aliphatic heterocycles. The van der Waals surface area contributed by atoms with E-state index in [1.807, 2.05) is 27.7 Å². The Labute approximate surface area is 199 Å². The quantitative estimate of drug-likeness (QED) is 0.151. The van der Waals surface area contributed by atoms with Gasteiger partial charge >= 0.3 is 0 Å². The van der Waals surface area contributed by atoms with Crippen molar-refractivity contribution in [2.75, 3.05) is 26.3 Å². The van der Waals surface area contributed by atoms with E-state index in [1.54, 1.807) is 0 Å². The maximum Gasteiger partial charge on any atom is 0.265 e. The van der Waals surface area contributed by atoms with Crippen LogP contribution in [0.4, 0.5) is 0 Å². The Balaban J connectivity index is 0. The van der Waals surface area contributed by atoms with Crippen molar-refractivity contribution in [3.05, 3.63) is 6.42 Å². The zero-order valence-corrected chi connectivity index (χ0v) is 23.3. The molecule has 1 saturated heterocycles. The van der Waals surface area contributed by atoms with E-state index in [0.29, 0.717) is 0 Å². The number of rotatable bonds is 13. The fourth-order valence-corrected chi connectivity index (χ4v) is 3.01. The summed E-state index contributed by atoms with van der Waals surface area (Å²) in [5.41, 5.74) is 0. The summed E-state index contributed by atoms with van der Waals surface area (Å²) in [4.78, 5) is 12.1. The second-order valence-corrected chi connectivity index (χ2v) is 7.73. The third kappa shape index (κ3) is 13.7. The molecule has 1 heterocycles. The molecule has 0 spiro atoms. The molecule has 0 aromatic carbocycles. The Morgan fingerprint density at radius 2 is 1.71 bits per heavy atom. The van der Waals surface area contributed by atoms with Crippen molar-refractivity contribution in [2.45, 2.75) is 64.2 Å². The fraction of sp³-hybridized carbons (Fsp3) is 0.933. The predicted octanol–water partition coefficient (Wildman–Crippen LogP) is 0.310. The molecule has 0 aliphatic carbocycles. The summed E-state index contributed by atoms with van der Waals surface area (Å²) in [7, 11) is 6.38. The van der Waals surface area contributed by atoms with E-state index < -0.39 is 32.1 Å². The number of hydrogen-bond donors (Lipinski definition) is 0. The van der Waals surface area contributed by atoms with Crippen LogP contribution in [0, 0.1) is 6.42 Å². The third-order valence-electron chi connectivity index (χ3n) is 3.29. The van der Waals surface area contributed by atoms with Crippen molar-refractivity contribution in [3.63, 3.8) is 0 Å². The van der Waals surface area contributed by atoms with Crippen molar-refractivity contribution < 1.29 is 79.6 Å². The third-order valence-corrected chi connectivity index (χ3v) is 4.26. The van der Waals surface area contributed by atoms with Gasteiger partial charge in [-0.2, -0.15) is 0 Å². The molecular formula is C15H27B2O8PW2-2. The van der Waals surface area contributed by atoms with Gasteiger partial charge in [-0.3, -0.25) is 11.0 Å². The minimum atomic E-state index is -4.63. The first-order chi connectivity index (χ1) is 12.1. The predicted molar refractivity (Wildman–Crippen MR) is 94.8 cm³/mol. The number of hydrogen-bond acceptors (Lipinski definition) is 8. The van der Waals surface area contributed by atoms with Gasteiger partial charge in [0.05, 0.1) is 46.0 Å². The molecule has 0 N–H and O–H groups in total. The van der Waals surface area contributed by atoms with Crippen molar-refractivity contribution in [1.29, 1.82) is 0 Å². The van der Waals surface area contributed by atoms with Gasteiger partial charge in [0.2, 0.25) is 0 Å². The average Bonchev–Trinajstić information content (AvgIpc) is 2.86. The number of phosphoric acid groups is 1. The maximum atomic E-state index is 12.1. The molecule has 0 aromatic heterocycles. The maximum absolute atomic E-state index is 12.1. The van der Waals surface area contributed by atoms with Crippen LogP contribution in [0.3, 0.4) is 0 Å². The molecule has 8 nitrogen and oxygen atoms in total. The van der Waals surface area contributed by atoms with Crippen molar-refractivity contribution >= 4 is 23.5 Å². The van der Waals surface area contributed by atoms with Crippen LogP contribution in [0.25, 0.3) is 0 Å². The molecule has 160 valence electrons. The van der Waals surface area contributed by atoms with E-state index >= 15 is 0 Å². The largest absolute Gasteiger partial charge is 0.756 e. The molecule has 2 unspecified atom stereocenters. The number of phosphoric ester groups is 1. The van der Waals surface area contributed by atoms with Gasteiger partial charge in [-0.1, -0.05) is 6.00 Å². The van der Waals surface area contributed by atoms with Crippen LogP contribution in [-0.2, 0) is 74.7 Å². The second-order valence-electron chi connectivity index (χ2n) is 6.36. The molecule has 13 heteroatoms. The summed E-state index contributed by atoms with van der Waals surface area (Å²) in [6.07, 6.45) is -0.812. The molecule has 0 amide bonds. The van der Waals surface area contributed by atoms with Gasteiger partial charge in [-0.25, -0.2) is 0 Å². The summed E-state index contributed by atoms with van der Waals surface area (Å²) in [6.45, 7) is 7.32. The Morgan fingerprint density at radius 3 is 2.25 bits per heavy atom. The average molecular weight is 756 g/mol. The summed E-state index contributed by atoms with van der Waals surface area (Å²) in [6, 6.07) is -0.742. The fourth-order valence-electron chi connectivity index (χ4n) is 2.09. The number of ether oxygens (including phenoxy) is 4. The van der Waals surface area contributed by atoms with Crippen LogP contribution in [0.5, 0.6) is 0 Å². The molecule has 5 atom stereocenters. The Bertz CT molecular complexity index is 450. The van der Waals surface area contributed by atoms with Gasteiger partial charge in [-0.15, -0.1) is 0 Å². The molecule has 28 heavy (non-hydrogen) atoms. The second kappa shape index (κ2) is 16.1. The Hall–Kier alpha value is 1.46. The Morgan fingerprint density at radius 1 is 1.11 bits per heavy atom. The minimum absolute atomic E-state index is 0. The van der Waals surface area contributed by atoms with Crippen molar-refractivity contribution in [2.24, 2.45) is 0 Å². The first-order valence-electron chi connectivity index (χ1n) is 8.57. The molecular weight excluding hydrogens is 728 g/mol. The molecule has 0 aromatic rings. The van der Waals surface area contributed by atoms with E-state index in [0.717, 1.165) is 0 Å². The Kier molecular flexibility index (Phi) is 18.2. The van der Waals surface area contributed by atoms with E-state index in [4.69, 9.17) is 43.7 Å². The first kappa shape index (κ1) is 31.6. The van der Waals surface area contributed by atoms with Gasteiger partial charge in [0.15, 0.2) is 0 Å². The summed E-state index contributed by atoms with van der Waals surface area (Å²) >= 11 is 0. The molecule has 1 rings (SSSR count). The molecule has 0 bridgehead atoms. The first-order valence-corrected chi connectivity index (χ1v) is 10.0. The van der Waals surface area contributed by atoms with Gasteiger partial charge in [0.1, 0.15) is 14.0 Å². The van der Waals surface area contributed by atoms with E-state index in [2.05, 4.69) is 0 Å². The van der Waals surface area contributed by atoms with Gasteiger partial charge in [0.25, 0.3) is 7.82 Å².